The third-order valence-electron chi connectivity index (χ3n) is 3.49. The van der Waals surface area contributed by atoms with E-state index in [2.05, 4.69) is 31.2 Å². The molecule has 1 nitrogen and oxygen atoms in total. The van der Waals surface area contributed by atoms with E-state index in [1.165, 1.54) is 17.7 Å². The smallest absolute Gasteiger partial charge is 0.123 e. The van der Waals surface area contributed by atoms with Gasteiger partial charge in [0.25, 0.3) is 0 Å². The van der Waals surface area contributed by atoms with E-state index in [0.29, 0.717) is 12.8 Å². The first-order valence-electron chi connectivity index (χ1n) is 7.03. The van der Waals surface area contributed by atoms with Gasteiger partial charge in [0, 0.05) is 12.8 Å². The molecule has 2 heteroatoms. The van der Waals surface area contributed by atoms with Crippen molar-refractivity contribution in [3.05, 3.63) is 71.0 Å². The highest BCUT2D eigenvalue weighted by Gasteiger charge is 2.21. The second-order valence-corrected chi connectivity index (χ2v) is 5.65. The first-order chi connectivity index (χ1) is 9.48. The summed E-state index contributed by atoms with van der Waals surface area (Å²) in [7, 11) is 0. The van der Waals surface area contributed by atoms with Crippen LogP contribution in [-0.4, -0.2) is 10.7 Å². The summed E-state index contributed by atoms with van der Waals surface area (Å²) < 4.78 is 13.2. The molecule has 0 fully saturated rings. The lowest BCUT2D eigenvalue weighted by molar-refractivity contribution is 0.0608. The topological polar surface area (TPSA) is 20.2 Å². The minimum atomic E-state index is -0.873. The van der Waals surface area contributed by atoms with Crippen LogP contribution in [0.4, 0.5) is 4.39 Å². The standard InChI is InChI=1S/C18H21FO/c1-3-14-7-9-15(10-8-14)12-18(2,20)13-16-5-4-6-17(19)11-16/h4-11,20H,3,12-13H2,1-2H3. The molecule has 2 aromatic carbocycles. The van der Waals surface area contributed by atoms with Gasteiger partial charge < -0.3 is 5.11 Å². The van der Waals surface area contributed by atoms with E-state index in [1.807, 2.05) is 6.07 Å². The average molecular weight is 272 g/mol. The summed E-state index contributed by atoms with van der Waals surface area (Å²) in [6.07, 6.45) is 2.02. The second kappa shape index (κ2) is 6.19. The van der Waals surface area contributed by atoms with Crippen LogP contribution in [0.1, 0.15) is 30.5 Å². The molecule has 0 spiro atoms. The van der Waals surface area contributed by atoms with Crippen LogP contribution in [-0.2, 0) is 19.3 Å². The van der Waals surface area contributed by atoms with Crippen molar-refractivity contribution in [2.45, 2.75) is 38.7 Å². The van der Waals surface area contributed by atoms with Crippen molar-refractivity contribution in [1.82, 2.24) is 0 Å². The van der Waals surface area contributed by atoms with Gasteiger partial charge in [-0.3, -0.25) is 0 Å². The quantitative estimate of drug-likeness (QED) is 0.874. The summed E-state index contributed by atoms with van der Waals surface area (Å²) >= 11 is 0. The monoisotopic (exact) mass is 272 g/mol. The number of hydrogen-bond acceptors (Lipinski definition) is 1. The zero-order valence-electron chi connectivity index (χ0n) is 12.1. The zero-order chi connectivity index (χ0) is 14.6. The Morgan fingerprint density at radius 1 is 0.950 bits per heavy atom. The molecular weight excluding hydrogens is 251 g/mol. The predicted molar refractivity (Wildman–Crippen MR) is 80.3 cm³/mol. The molecule has 2 aromatic rings. The predicted octanol–water partition coefficient (Wildman–Crippen LogP) is 3.92. The summed E-state index contributed by atoms with van der Waals surface area (Å²) in [4.78, 5) is 0. The molecule has 1 unspecified atom stereocenters. The molecule has 0 amide bonds. The summed E-state index contributed by atoms with van der Waals surface area (Å²) in [5.74, 6) is -0.259. The fraction of sp³-hybridized carbons (Fsp3) is 0.333. The first-order valence-corrected chi connectivity index (χ1v) is 7.03. The minimum absolute atomic E-state index is 0.259. The Hall–Kier alpha value is -1.67. The number of rotatable bonds is 5. The number of benzene rings is 2. The van der Waals surface area contributed by atoms with Crippen LogP contribution in [0.3, 0.4) is 0 Å². The van der Waals surface area contributed by atoms with Crippen molar-refractivity contribution in [3.63, 3.8) is 0 Å². The summed E-state index contributed by atoms with van der Waals surface area (Å²) in [5, 5.41) is 10.5. The van der Waals surface area contributed by atoms with Gasteiger partial charge in [0.15, 0.2) is 0 Å². The maximum absolute atomic E-state index is 13.2. The molecule has 0 aliphatic rings. The van der Waals surface area contributed by atoms with Gasteiger partial charge in [-0.1, -0.05) is 43.3 Å². The Kier molecular flexibility index (Phi) is 4.56. The number of aryl methyl sites for hydroxylation is 1. The highest BCUT2D eigenvalue weighted by Crippen LogP contribution is 2.20. The van der Waals surface area contributed by atoms with Crippen LogP contribution in [0, 0.1) is 5.82 Å². The molecule has 0 saturated carbocycles. The van der Waals surface area contributed by atoms with Crippen molar-refractivity contribution in [2.24, 2.45) is 0 Å². The number of hydrogen-bond donors (Lipinski definition) is 1. The van der Waals surface area contributed by atoms with Crippen LogP contribution >= 0.6 is 0 Å². The maximum Gasteiger partial charge on any atom is 0.123 e. The lowest BCUT2D eigenvalue weighted by Crippen LogP contribution is -2.30. The molecular formula is C18H21FO. The zero-order valence-corrected chi connectivity index (χ0v) is 12.1. The highest BCUT2D eigenvalue weighted by molar-refractivity contribution is 5.25. The highest BCUT2D eigenvalue weighted by atomic mass is 19.1. The molecule has 1 atom stereocenters. The Balaban J connectivity index is 2.06. The van der Waals surface area contributed by atoms with E-state index in [0.717, 1.165) is 17.5 Å². The molecule has 0 aliphatic carbocycles. The Bertz CT molecular complexity index is 558. The lowest BCUT2D eigenvalue weighted by Gasteiger charge is -2.23. The van der Waals surface area contributed by atoms with Crippen molar-refractivity contribution in [3.8, 4) is 0 Å². The van der Waals surface area contributed by atoms with E-state index in [9.17, 15) is 9.50 Å². The summed E-state index contributed by atoms with van der Waals surface area (Å²) in [6, 6.07) is 14.7. The fourth-order valence-electron chi connectivity index (χ4n) is 2.48. The van der Waals surface area contributed by atoms with Crippen molar-refractivity contribution in [1.29, 1.82) is 0 Å². The molecule has 1 N–H and O–H groups in total. The van der Waals surface area contributed by atoms with Crippen molar-refractivity contribution < 1.29 is 9.50 Å². The van der Waals surface area contributed by atoms with Gasteiger partial charge >= 0.3 is 0 Å². The summed E-state index contributed by atoms with van der Waals surface area (Å²) in [5.41, 5.74) is 2.34. The molecule has 106 valence electrons. The van der Waals surface area contributed by atoms with Gasteiger partial charge in [0.05, 0.1) is 5.60 Å². The van der Waals surface area contributed by atoms with Gasteiger partial charge in [-0.15, -0.1) is 0 Å². The normalized spacial score (nSPS) is 14.0. The Morgan fingerprint density at radius 3 is 2.15 bits per heavy atom. The van der Waals surface area contributed by atoms with Crippen molar-refractivity contribution >= 4 is 0 Å². The lowest BCUT2D eigenvalue weighted by atomic mass is 9.89. The molecule has 0 heterocycles. The molecule has 0 saturated heterocycles. The van der Waals surface area contributed by atoms with E-state index in [1.54, 1.807) is 13.0 Å². The van der Waals surface area contributed by atoms with E-state index in [4.69, 9.17) is 0 Å². The van der Waals surface area contributed by atoms with Crippen LogP contribution in [0.15, 0.2) is 48.5 Å². The maximum atomic E-state index is 13.2. The van der Waals surface area contributed by atoms with Gasteiger partial charge in [0.2, 0.25) is 0 Å². The van der Waals surface area contributed by atoms with Gasteiger partial charge in [-0.25, -0.2) is 4.39 Å². The van der Waals surface area contributed by atoms with Crippen LogP contribution < -0.4 is 0 Å². The molecule has 2 rings (SSSR count). The minimum Gasteiger partial charge on any atom is -0.389 e. The second-order valence-electron chi connectivity index (χ2n) is 5.65. The van der Waals surface area contributed by atoms with E-state index in [-0.39, 0.29) is 5.82 Å². The molecule has 0 bridgehead atoms. The largest absolute Gasteiger partial charge is 0.389 e. The average Bonchev–Trinajstić information content (AvgIpc) is 2.38. The molecule has 20 heavy (non-hydrogen) atoms. The van der Waals surface area contributed by atoms with Crippen molar-refractivity contribution in [2.75, 3.05) is 0 Å². The number of aliphatic hydroxyl groups is 1. The number of halogens is 1. The fourth-order valence-corrected chi connectivity index (χ4v) is 2.48. The molecule has 0 radical (unpaired) electrons. The molecule has 0 aromatic heterocycles. The molecule has 0 aliphatic heterocycles. The van der Waals surface area contributed by atoms with Gasteiger partial charge in [-0.2, -0.15) is 0 Å². The summed E-state index contributed by atoms with van der Waals surface area (Å²) in [6.45, 7) is 3.92. The van der Waals surface area contributed by atoms with Crippen LogP contribution in [0.25, 0.3) is 0 Å². The Labute approximate surface area is 120 Å². The third kappa shape index (κ3) is 4.17. The van der Waals surface area contributed by atoms with Crippen LogP contribution in [0.5, 0.6) is 0 Å². The van der Waals surface area contributed by atoms with E-state index < -0.39 is 5.60 Å². The van der Waals surface area contributed by atoms with Gasteiger partial charge in [-0.05, 0) is 42.2 Å². The Morgan fingerprint density at radius 2 is 1.55 bits per heavy atom. The SMILES string of the molecule is CCc1ccc(CC(C)(O)Cc2cccc(F)c2)cc1. The van der Waals surface area contributed by atoms with Crippen LogP contribution in [0.2, 0.25) is 0 Å². The first kappa shape index (κ1) is 14.7. The van der Waals surface area contributed by atoms with Gasteiger partial charge in [0.1, 0.15) is 5.82 Å². The third-order valence-corrected chi connectivity index (χ3v) is 3.49. The van der Waals surface area contributed by atoms with E-state index >= 15 is 0 Å².